The fourth-order valence-corrected chi connectivity index (χ4v) is 5.11. The first-order valence-corrected chi connectivity index (χ1v) is 12.2. The molecule has 0 atom stereocenters. The summed E-state index contributed by atoms with van der Waals surface area (Å²) in [6.07, 6.45) is 0.776. The summed E-state index contributed by atoms with van der Waals surface area (Å²) in [7, 11) is -3.60. The van der Waals surface area contributed by atoms with E-state index in [1.165, 1.54) is 4.31 Å². The van der Waals surface area contributed by atoms with E-state index in [0.29, 0.717) is 18.5 Å². The van der Waals surface area contributed by atoms with Gasteiger partial charge in [-0.3, -0.25) is 14.4 Å². The van der Waals surface area contributed by atoms with Crippen LogP contribution < -0.4 is 16.4 Å². The fourth-order valence-electron chi connectivity index (χ4n) is 3.64. The summed E-state index contributed by atoms with van der Waals surface area (Å²) in [6.45, 7) is 2.47. The Labute approximate surface area is 193 Å². The van der Waals surface area contributed by atoms with Crippen molar-refractivity contribution in [1.29, 1.82) is 0 Å². The zero-order valence-corrected chi connectivity index (χ0v) is 19.2. The molecule has 0 bridgehead atoms. The van der Waals surface area contributed by atoms with Gasteiger partial charge in [-0.1, -0.05) is 29.8 Å². The zero-order chi connectivity index (χ0) is 24.0. The minimum atomic E-state index is -3.60. The standard InChI is InChI=1S/C23H28N4O5S/c1-16-6-8-18(9-7-16)33(31,32)27-14-11-17(12-15-27)22(29)26-20-5-3-2-4-19(20)23(30)25-13-10-21(24)28/h2-9,17H,10-15H2,1H3,(H2,24,28)(H,25,30)(H,26,29). The number of nitrogens with two attached hydrogens (primary N) is 1. The second-order valence-corrected chi connectivity index (χ2v) is 9.94. The van der Waals surface area contributed by atoms with E-state index in [0.717, 1.165) is 5.56 Å². The SMILES string of the molecule is Cc1ccc(S(=O)(=O)N2CCC(C(=O)Nc3ccccc3C(=O)NCCC(N)=O)CC2)cc1. The highest BCUT2D eigenvalue weighted by molar-refractivity contribution is 7.89. The molecule has 0 aliphatic carbocycles. The summed E-state index contributed by atoms with van der Waals surface area (Å²) in [5.41, 5.74) is 6.69. The van der Waals surface area contributed by atoms with Gasteiger partial charge in [0.15, 0.2) is 0 Å². The highest BCUT2D eigenvalue weighted by Gasteiger charge is 2.32. The number of amides is 3. The van der Waals surface area contributed by atoms with Crippen LogP contribution in [0.4, 0.5) is 5.69 Å². The predicted molar refractivity (Wildman–Crippen MR) is 124 cm³/mol. The Morgan fingerprint density at radius 3 is 2.30 bits per heavy atom. The minimum Gasteiger partial charge on any atom is -0.370 e. The van der Waals surface area contributed by atoms with Crippen LogP contribution in [0.1, 0.15) is 35.2 Å². The third kappa shape index (κ3) is 6.17. The molecular weight excluding hydrogens is 444 g/mol. The molecule has 2 aromatic carbocycles. The number of anilines is 1. The summed E-state index contributed by atoms with van der Waals surface area (Å²) in [5, 5.41) is 5.39. The molecule has 0 radical (unpaired) electrons. The first-order chi connectivity index (χ1) is 15.7. The van der Waals surface area contributed by atoms with E-state index in [1.807, 2.05) is 6.92 Å². The smallest absolute Gasteiger partial charge is 0.253 e. The molecule has 1 saturated heterocycles. The van der Waals surface area contributed by atoms with E-state index in [4.69, 9.17) is 5.73 Å². The number of aryl methyl sites for hydroxylation is 1. The van der Waals surface area contributed by atoms with Crippen LogP contribution in [0, 0.1) is 12.8 Å². The van der Waals surface area contributed by atoms with Gasteiger partial charge < -0.3 is 16.4 Å². The first kappa shape index (κ1) is 24.4. The number of rotatable bonds is 8. The number of nitrogens with zero attached hydrogens (tertiary/aromatic N) is 1. The maximum Gasteiger partial charge on any atom is 0.253 e. The van der Waals surface area contributed by atoms with Crippen LogP contribution in [0.5, 0.6) is 0 Å². The van der Waals surface area contributed by atoms with Gasteiger partial charge in [0.05, 0.1) is 16.1 Å². The maximum absolute atomic E-state index is 12.9. The number of carbonyl (C=O) groups excluding carboxylic acids is 3. The Kier molecular flexibility index (Phi) is 7.83. The Morgan fingerprint density at radius 2 is 1.67 bits per heavy atom. The van der Waals surface area contributed by atoms with Gasteiger partial charge in [0, 0.05) is 32.0 Å². The maximum atomic E-state index is 12.9. The third-order valence-corrected chi connectivity index (χ3v) is 7.48. The van der Waals surface area contributed by atoms with E-state index in [-0.39, 0.29) is 48.3 Å². The number of primary amides is 1. The number of sulfonamides is 1. The van der Waals surface area contributed by atoms with Crippen LogP contribution in [-0.2, 0) is 19.6 Å². The lowest BCUT2D eigenvalue weighted by Gasteiger charge is -2.30. The highest BCUT2D eigenvalue weighted by Crippen LogP contribution is 2.26. The minimum absolute atomic E-state index is 0.0182. The number of para-hydroxylation sites is 1. The van der Waals surface area contributed by atoms with Crippen molar-refractivity contribution in [3.8, 4) is 0 Å². The lowest BCUT2D eigenvalue weighted by molar-refractivity contribution is -0.121. The van der Waals surface area contributed by atoms with E-state index < -0.39 is 21.8 Å². The molecule has 10 heteroatoms. The van der Waals surface area contributed by atoms with Crippen molar-refractivity contribution in [1.82, 2.24) is 9.62 Å². The van der Waals surface area contributed by atoms with E-state index in [1.54, 1.807) is 48.5 Å². The summed E-state index contributed by atoms with van der Waals surface area (Å²) >= 11 is 0. The summed E-state index contributed by atoms with van der Waals surface area (Å²) in [5.74, 6) is -1.58. The molecule has 0 saturated carbocycles. The lowest BCUT2D eigenvalue weighted by atomic mass is 9.97. The van der Waals surface area contributed by atoms with Crippen molar-refractivity contribution in [2.75, 3.05) is 25.0 Å². The molecule has 9 nitrogen and oxygen atoms in total. The van der Waals surface area contributed by atoms with Crippen LogP contribution >= 0.6 is 0 Å². The average Bonchev–Trinajstić information content (AvgIpc) is 2.79. The number of carbonyl (C=O) groups is 3. The van der Waals surface area contributed by atoms with Crippen LogP contribution in [-0.4, -0.2) is 50.1 Å². The molecule has 0 spiro atoms. The molecular formula is C23H28N4O5S. The van der Waals surface area contributed by atoms with E-state index in [2.05, 4.69) is 10.6 Å². The van der Waals surface area contributed by atoms with Crippen LogP contribution in [0.25, 0.3) is 0 Å². The predicted octanol–water partition coefficient (Wildman–Crippen LogP) is 1.64. The van der Waals surface area contributed by atoms with Crippen molar-refractivity contribution in [2.45, 2.75) is 31.1 Å². The van der Waals surface area contributed by atoms with Gasteiger partial charge in [0.1, 0.15) is 0 Å². The Morgan fingerprint density at radius 1 is 1.03 bits per heavy atom. The van der Waals surface area contributed by atoms with Gasteiger partial charge in [0.2, 0.25) is 21.8 Å². The molecule has 0 unspecified atom stereocenters. The molecule has 1 fully saturated rings. The molecule has 3 amide bonds. The molecule has 176 valence electrons. The largest absolute Gasteiger partial charge is 0.370 e. The van der Waals surface area contributed by atoms with Crippen LogP contribution in [0.15, 0.2) is 53.4 Å². The molecule has 3 rings (SSSR count). The lowest BCUT2D eigenvalue weighted by Crippen LogP contribution is -2.41. The van der Waals surface area contributed by atoms with E-state index >= 15 is 0 Å². The topological polar surface area (TPSA) is 139 Å². The molecule has 1 aliphatic heterocycles. The number of hydrogen-bond acceptors (Lipinski definition) is 5. The Hall–Kier alpha value is -3.24. The summed E-state index contributed by atoms with van der Waals surface area (Å²) < 4.78 is 27.1. The highest BCUT2D eigenvalue weighted by atomic mass is 32.2. The van der Waals surface area contributed by atoms with Gasteiger partial charge in [-0.05, 0) is 44.0 Å². The quantitative estimate of drug-likeness (QED) is 0.536. The van der Waals surface area contributed by atoms with Gasteiger partial charge in [0.25, 0.3) is 5.91 Å². The third-order valence-electron chi connectivity index (χ3n) is 5.57. The Bertz CT molecular complexity index is 1120. The first-order valence-electron chi connectivity index (χ1n) is 10.7. The molecule has 33 heavy (non-hydrogen) atoms. The molecule has 2 aromatic rings. The molecule has 1 aliphatic rings. The fraction of sp³-hybridized carbons (Fsp3) is 0.348. The van der Waals surface area contributed by atoms with Gasteiger partial charge >= 0.3 is 0 Å². The van der Waals surface area contributed by atoms with Gasteiger partial charge in [-0.25, -0.2) is 8.42 Å². The van der Waals surface area contributed by atoms with Crippen molar-refractivity contribution < 1.29 is 22.8 Å². The second-order valence-electron chi connectivity index (χ2n) is 8.00. The van der Waals surface area contributed by atoms with Crippen molar-refractivity contribution >= 4 is 33.4 Å². The monoisotopic (exact) mass is 472 g/mol. The van der Waals surface area contributed by atoms with Crippen molar-refractivity contribution in [3.63, 3.8) is 0 Å². The zero-order valence-electron chi connectivity index (χ0n) is 18.4. The number of nitrogens with one attached hydrogen (secondary N) is 2. The van der Waals surface area contributed by atoms with Gasteiger partial charge in [-0.2, -0.15) is 4.31 Å². The van der Waals surface area contributed by atoms with Crippen molar-refractivity contribution in [3.05, 3.63) is 59.7 Å². The average molecular weight is 473 g/mol. The molecule has 4 N–H and O–H groups in total. The van der Waals surface area contributed by atoms with Gasteiger partial charge in [-0.15, -0.1) is 0 Å². The molecule has 1 heterocycles. The van der Waals surface area contributed by atoms with E-state index in [9.17, 15) is 22.8 Å². The van der Waals surface area contributed by atoms with Crippen LogP contribution in [0.3, 0.4) is 0 Å². The summed E-state index contributed by atoms with van der Waals surface area (Å²) in [6, 6.07) is 13.3. The van der Waals surface area contributed by atoms with Crippen LogP contribution in [0.2, 0.25) is 0 Å². The van der Waals surface area contributed by atoms with Crippen molar-refractivity contribution in [2.24, 2.45) is 11.7 Å². The second kappa shape index (κ2) is 10.6. The summed E-state index contributed by atoms with van der Waals surface area (Å²) in [4.78, 5) is 36.4. The molecule has 0 aromatic heterocycles. The number of hydrogen-bond donors (Lipinski definition) is 3. The number of benzene rings is 2. The Balaban J connectivity index is 1.60. The normalized spacial score (nSPS) is 15.1. The number of piperidine rings is 1.